The van der Waals surface area contributed by atoms with Gasteiger partial charge in [0.05, 0.1) is 11.9 Å². The van der Waals surface area contributed by atoms with Crippen molar-refractivity contribution in [2.45, 2.75) is 6.92 Å². The van der Waals surface area contributed by atoms with E-state index < -0.39 is 11.8 Å². The first-order chi connectivity index (χ1) is 9.56. The zero-order chi connectivity index (χ0) is 14.5. The van der Waals surface area contributed by atoms with Crippen LogP contribution in [0.2, 0.25) is 5.02 Å². The van der Waals surface area contributed by atoms with E-state index in [0.29, 0.717) is 16.4 Å². The Hall–Kier alpha value is -2.40. The third kappa shape index (κ3) is 3.55. The number of nitrogens with one attached hydrogen (secondary N) is 2. The number of carbonyl (C=O) groups is 2. The Labute approximate surface area is 121 Å². The number of pyridine rings is 1. The molecule has 0 aliphatic rings. The molecule has 0 aliphatic carbocycles. The molecular formula is C14H12ClN3O2. The summed E-state index contributed by atoms with van der Waals surface area (Å²) in [6, 6.07) is 8.33. The molecule has 0 radical (unpaired) electrons. The van der Waals surface area contributed by atoms with Gasteiger partial charge in [-0.2, -0.15) is 0 Å². The number of nitrogens with zero attached hydrogens (tertiary/aromatic N) is 1. The molecular weight excluding hydrogens is 278 g/mol. The molecule has 0 saturated heterocycles. The SMILES string of the molecule is Cc1ccc(NC(=O)C(=O)Nc2cccnc2)cc1Cl. The van der Waals surface area contributed by atoms with Gasteiger partial charge in [0.1, 0.15) is 0 Å². The number of carbonyl (C=O) groups excluding carboxylic acids is 2. The van der Waals surface area contributed by atoms with Crippen LogP contribution in [0.25, 0.3) is 0 Å². The maximum Gasteiger partial charge on any atom is 0.314 e. The molecule has 2 rings (SSSR count). The minimum absolute atomic E-state index is 0.453. The predicted octanol–water partition coefficient (Wildman–Crippen LogP) is 2.62. The average molecular weight is 290 g/mol. The zero-order valence-electron chi connectivity index (χ0n) is 10.7. The standard InChI is InChI=1S/C14H12ClN3O2/c1-9-4-5-10(7-12(9)15)17-13(19)14(20)18-11-3-2-6-16-8-11/h2-8H,1H3,(H,17,19)(H,18,20). The summed E-state index contributed by atoms with van der Waals surface area (Å²) in [6.45, 7) is 1.85. The Morgan fingerprint density at radius 3 is 2.40 bits per heavy atom. The van der Waals surface area contributed by atoms with Crippen molar-refractivity contribution in [3.05, 3.63) is 53.3 Å². The summed E-state index contributed by atoms with van der Waals surface area (Å²) in [7, 11) is 0. The molecule has 1 aromatic heterocycles. The second kappa shape index (κ2) is 6.16. The van der Waals surface area contributed by atoms with Crippen molar-refractivity contribution in [3.63, 3.8) is 0 Å². The monoisotopic (exact) mass is 289 g/mol. The van der Waals surface area contributed by atoms with Crippen LogP contribution in [0.5, 0.6) is 0 Å². The lowest BCUT2D eigenvalue weighted by molar-refractivity contribution is -0.133. The third-order valence-electron chi connectivity index (χ3n) is 2.56. The molecule has 0 fully saturated rings. The summed E-state index contributed by atoms with van der Waals surface area (Å²) in [5.74, 6) is -1.54. The van der Waals surface area contributed by atoms with E-state index in [-0.39, 0.29) is 0 Å². The van der Waals surface area contributed by atoms with Crippen LogP contribution in [0.15, 0.2) is 42.7 Å². The molecule has 5 nitrogen and oxygen atoms in total. The first kappa shape index (κ1) is 14.0. The molecule has 1 heterocycles. The van der Waals surface area contributed by atoms with Gasteiger partial charge in [0, 0.05) is 16.9 Å². The summed E-state index contributed by atoms with van der Waals surface area (Å²) in [6.07, 6.45) is 3.03. The summed E-state index contributed by atoms with van der Waals surface area (Å²) in [4.78, 5) is 27.2. The average Bonchev–Trinajstić information content (AvgIpc) is 2.44. The summed E-state index contributed by atoms with van der Waals surface area (Å²) < 4.78 is 0. The second-order valence-corrected chi connectivity index (χ2v) is 4.52. The van der Waals surface area contributed by atoms with E-state index in [1.807, 2.05) is 6.92 Å². The fraction of sp³-hybridized carbons (Fsp3) is 0.0714. The van der Waals surface area contributed by atoms with Crippen molar-refractivity contribution in [1.29, 1.82) is 0 Å². The number of rotatable bonds is 2. The number of hydrogen-bond donors (Lipinski definition) is 2. The predicted molar refractivity (Wildman–Crippen MR) is 77.7 cm³/mol. The maximum atomic E-state index is 11.7. The number of anilines is 2. The highest BCUT2D eigenvalue weighted by atomic mass is 35.5. The van der Waals surface area contributed by atoms with E-state index in [1.165, 1.54) is 6.20 Å². The smallest absolute Gasteiger partial charge is 0.314 e. The highest BCUT2D eigenvalue weighted by molar-refractivity contribution is 6.43. The molecule has 20 heavy (non-hydrogen) atoms. The van der Waals surface area contributed by atoms with E-state index in [4.69, 9.17) is 11.6 Å². The van der Waals surface area contributed by atoms with Gasteiger partial charge in [-0.3, -0.25) is 14.6 Å². The van der Waals surface area contributed by atoms with Crippen molar-refractivity contribution < 1.29 is 9.59 Å². The Morgan fingerprint density at radius 1 is 1.10 bits per heavy atom. The highest BCUT2D eigenvalue weighted by Crippen LogP contribution is 2.19. The number of aromatic nitrogens is 1. The maximum absolute atomic E-state index is 11.7. The lowest BCUT2D eigenvalue weighted by Crippen LogP contribution is -2.29. The quantitative estimate of drug-likeness (QED) is 0.835. The van der Waals surface area contributed by atoms with Crippen molar-refractivity contribution in [3.8, 4) is 0 Å². The molecule has 0 unspecified atom stereocenters. The molecule has 0 spiro atoms. The van der Waals surface area contributed by atoms with Gasteiger partial charge in [-0.05, 0) is 36.8 Å². The second-order valence-electron chi connectivity index (χ2n) is 4.11. The van der Waals surface area contributed by atoms with Crippen LogP contribution in [0.3, 0.4) is 0 Å². The minimum atomic E-state index is -0.770. The van der Waals surface area contributed by atoms with Gasteiger partial charge in [0.2, 0.25) is 0 Å². The molecule has 0 aliphatic heterocycles. The number of aryl methyl sites for hydroxylation is 1. The molecule has 2 amide bonds. The lowest BCUT2D eigenvalue weighted by Gasteiger charge is -2.07. The Kier molecular flexibility index (Phi) is 4.32. The number of hydrogen-bond acceptors (Lipinski definition) is 3. The Bertz CT molecular complexity index is 644. The van der Waals surface area contributed by atoms with Crippen LogP contribution in [0.4, 0.5) is 11.4 Å². The van der Waals surface area contributed by atoms with E-state index >= 15 is 0 Å². The summed E-state index contributed by atoms with van der Waals surface area (Å²) >= 11 is 5.95. The van der Waals surface area contributed by atoms with Crippen LogP contribution in [-0.2, 0) is 9.59 Å². The summed E-state index contributed by atoms with van der Waals surface area (Å²) in [5.41, 5.74) is 1.81. The van der Waals surface area contributed by atoms with Crippen LogP contribution in [0.1, 0.15) is 5.56 Å². The van der Waals surface area contributed by atoms with Crippen molar-refractivity contribution in [2.75, 3.05) is 10.6 Å². The fourth-order valence-corrected chi connectivity index (χ4v) is 1.66. The van der Waals surface area contributed by atoms with Crippen molar-refractivity contribution in [2.24, 2.45) is 0 Å². The molecule has 0 saturated carbocycles. The van der Waals surface area contributed by atoms with Gasteiger partial charge in [-0.15, -0.1) is 0 Å². The molecule has 102 valence electrons. The number of halogens is 1. The van der Waals surface area contributed by atoms with Gasteiger partial charge in [0.25, 0.3) is 0 Å². The van der Waals surface area contributed by atoms with Gasteiger partial charge < -0.3 is 10.6 Å². The van der Waals surface area contributed by atoms with Gasteiger partial charge in [0.15, 0.2) is 0 Å². The largest absolute Gasteiger partial charge is 0.318 e. The van der Waals surface area contributed by atoms with Crippen LogP contribution >= 0.6 is 11.6 Å². The Morgan fingerprint density at radius 2 is 1.80 bits per heavy atom. The third-order valence-corrected chi connectivity index (χ3v) is 2.96. The minimum Gasteiger partial charge on any atom is -0.318 e. The molecule has 0 bridgehead atoms. The van der Waals surface area contributed by atoms with E-state index in [2.05, 4.69) is 15.6 Å². The van der Waals surface area contributed by atoms with Crippen molar-refractivity contribution in [1.82, 2.24) is 4.98 Å². The fourth-order valence-electron chi connectivity index (χ4n) is 1.48. The van der Waals surface area contributed by atoms with E-state index in [9.17, 15) is 9.59 Å². The molecule has 2 aromatic rings. The molecule has 2 N–H and O–H groups in total. The van der Waals surface area contributed by atoms with Gasteiger partial charge >= 0.3 is 11.8 Å². The number of benzene rings is 1. The zero-order valence-corrected chi connectivity index (χ0v) is 11.4. The lowest BCUT2D eigenvalue weighted by atomic mass is 10.2. The molecule has 6 heteroatoms. The van der Waals surface area contributed by atoms with Gasteiger partial charge in [-0.25, -0.2) is 0 Å². The first-order valence-electron chi connectivity index (χ1n) is 5.85. The normalized spacial score (nSPS) is 9.90. The van der Waals surface area contributed by atoms with Crippen molar-refractivity contribution >= 4 is 34.8 Å². The highest BCUT2D eigenvalue weighted by Gasteiger charge is 2.14. The van der Waals surface area contributed by atoms with Gasteiger partial charge in [-0.1, -0.05) is 17.7 Å². The van der Waals surface area contributed by atoms with Crippen LogP contribution in [-0.4, -0.2) is 16.8 Å². The number of amides is 2. The van der Waals surface area contributed by atoms with E-state index in [0.717, 1.165) is 5.56 Å². The Balaban J connectivity index is 2.01. The van der Waals surface area contributed by atoms with Crippen LogP contribution in [0, 0.1) is 6.92 Å². The molecule has 1 aromatic carbocycles. The first-order valence-corrected chi connectivity index (χ1v) is 6.22. The topological polar surface area (TPSA) is 71.1 Å². The van der Waals surface area contributed by atoms with Crippen LogP contribution < -0.4 is 10.6 Å². The van der Waals surface area contributed by atoms with E-state index in [1.54, 1.807) is 36.5 Å². The summed E-state index contributed by atoms with van der Waals surface area (Å²) in [5, 5.41) is 5.44. The molecule has 0 atom stereocenters.